The van der Waals surface area contributed by atoms with Crippen LogP contribution < -0.4 is 5.32 Å². The molecule has 0 radical (unpaired) electrons. The first-order chi connectivity index (χ1) is 9.24. The molecule has 2 aliphatic carbocycles. The van der Waals surface area contributed by atoms with Crippen molar-refractivity contribution in [2.75, 3.05) is 13.1 Å². The van der Waals surface area contributed by atoms with Crippen LogP contribution in [-0.2, 0) is 6.42 Å². The van der Waals surface area contributed by atoms with E-state index < -0.39 is 6.55 Å². The predicted octanol–water partition coefficient (Wildman–Crippen LogP) is 2.62. The summed E-state index contributed by atoms with van der Waals surface area (Å²) in [6, 6.07) is 0. The van der Waals surface area contributed by atoms with Gasteiger partial charge in [-0.3, -0.25) is 4.57 Å². The van der Waals surface area contributed by atoms with Crippen molar-refractivity contribution in [2.45, 2.75) is 25.8 Å². The monoisotopic (exact) mass is 267 g/mol. The van der Waals surface area contributed by atoms with Crippen LogP contribution in [0.2, 0.25) is 0 Å². The largest absolute Gasteiger partial charge is 0.319 e. The Bertz CT molecular complexity index is 455. The number of halogens is 2. The highest BCUT2D eigenvalue weighted by molar-refractivity contribution is 5.10. The maximum Gasteiger partial charge on any atom is 0.319 e. The van der Waals surface area contributed by atoms with Gasteiger partial charge in [0.05, 0.1) is 0 Å². The molecule has 1 aromatic rings. The van der Waals surface area contributed by atoms with Crippen molar-refractivity contribution in [2.24, 2.45) is 17.8 Å². The van der Waals surface area contributed by atoms with Gasteiger partial charge in [0, 0.05) is 25.4 Å². The summed E-state index contributed by atoms with van der Waals surface area (Å²) in [7, 11) is 0. The van der Waals surface area contributed by atoms with Crippen LogP contribution in [0, 0.1) is 17.8 Å². The van der Waals surface area contributed by atoms with Gasteiger partial charge in [-0.1, -0.05) is 12.2 Å². The van der Waals surface area contributed by atoms with Crippen molar-refractivity contribution in [1.29, 1.82) is 0 Å². The summed E-state index contributed by atoms with van der Waals surface area (Å²) in [5.74, 6) is 2.70. The molecule has 0 aromatic carbocycles. The fraction of sp³-hybridized carbons (Fsp3) is 0.643. The molecule has 1 N–H and O–H groups in total. The van der Waals surface area contributed by atoms with Crippen LogP contribution in [0.4, 0.5) is 8.78 Å². The van der Waals surface area contributed by atoms with Crippen molar-refractivity contribution >= 4 is 0 Å². The molecule has 104 valence electrons. The molecule has 1 aromatic heterocycles. The quantitative estimate of drug-likeness (QED) is 0.634. The number of alkyl halides is 2. The molecular weight excluding hydrogens is 248 g/mol. The lowest BCUT2D eigenvalue weighted by Crippen LogP contribution is -2.27. The second-order valence-electron chi connectivity index (χ2n) is 5.52. The van der Waals surface area contributed by atoms with Gasteiger partial charge in [-0.05, 0) is 37.1 Å². The molecule has 3 atom stereocenters. The molecule has 0 aliphatic heterocycles. The van der Waals surface area contributed by atoms with Gasteiger partial charge >= 0.3 is 6.55 Å². The molecule has 2 aliphatic rings. The Morgan fingerprint density at radius 1 is 1.37 bits per heavy atom. The molecule has 1 fully saturated rings. The van der Waals surface area contributed by atoms with Crippen LogP contribution in [0.5, 0.6) is 0 Å². The van der Waals surface area contributed by atoms with Crippen LogP contribution in [0.1, 0.15) is 25.2 Å². The van der Waals surface area contributed by atoms with Gasteiger partial charge in [-0.2, -0.15) is 8.78 Å². The molecule has 19 heavy (non-hydrogen) atoms. The molecule has 3 rings (SSSR count). The number of rotatable bonds is 6. The van der Waals surface area contributed by atoms with Crippen LogP contribution in [0.3, 0.4) is 0 Å². The SMILES string of the molecule is FC(F)n1ccnc1CCNC[C@H]1C[C@H]2C=C[C@H]1C2. The maximum absolute atomic E-state index is 12.6. The highest BCUT2D eigenvalue weighted by atomic mass is 19.3. The van der Waals surface area contributed by atoms with Crippen molar-refractivity contribution in [3.05, 3.63) is 30.4 Å². The number of fused-ring (bicyclic) bond motifs is 2. The highest BCUT2D eigenvalue weighted by Crippen LogP contribution is 2.42. The third-order valence-corrected chi connectivity index (χ3v) is 4.31. The average molecular weight is 267 g/mol. The second-order valence-corrected chi connectivity index (χ2v) is 5.52. The van der Waals surface area contributed by atoms with Gasteiger partial charge in [0.1, 0.15) is 5.82 Å². The highest BCUT2D eigenvalue weighted by Gasteiger charge is 2.34. The zero-order valence-corrected chi connectivity index (χ0v) is 10.8. The van der Waals surface area contributed by atoms with Crippen molar-refractivity contribution in [3.63, 3.8) is 0 Å². The molecule has 1 heterocycles. The normalized spacial score (nSPS) is 28.7. The van der Waals surface area contributed by atoms with Crippen molar-refractivity contribution in [3.8, 4) is 0 Å². The van der Waals surface area contributed by atoms with E-state index in [9.17, 15) is 8.78 Å². The Morgan fingerprint density at radius 3 is 2.95 bits per heavy atom. The first kappa shape index (κ1) is 12.8. The first-order valence-corrected chi connectivity index (χ1v) is 6.93. The molecule has 0 saturated heterocycles. The van der Waals surface area contributed by atoms with E-state index in [1.165, 1.54) is 25.2 Å². The van der Waals surface area contributed by atoms with Gasteiger partial charge in [0.15, 0.2) is 0 Å². The van der Waals surface area contributed by atoms with E-state index in [1.807, 2.05) is 0 Å². The minimum absolute atomic E-state index is 0.454. The summed E-state index contributed by atoms with van der Waals surface area (Å²) < 4.78 is 26.2. The van der Waals surface area contributed by atoms with Crippen LogP contribution >= 0.6 is 0 Å². The van der Waals surface area contributed by atoms with E-state index in [0.717, 1.165) is 28.9 Å². The van der Waals surface area contributed by atoms with Gasteiger partial charge < -0.3 is 5.32 Å². The molecule has 0 spiro atoms. The summed E-state index contributed by atoms with van der Waals surface area (Å²) in [6.07, 6.45) is 10.6. The Hall–Kier alpha value is -1.23. The fourth-order valence-corrected chi connectivity index (χ4v) is 3.33. The van der Waals surface area contributed by atoms with E-state index in [1.54, 1.807) is 0 Å². The number of hydrogen-bond donors (Lipinski definition) is 1. The lowest BCUT2D eigenvalue weighted by Gasteiger charge is -2.18. The smallest absolute Gasteiger partial charge is 0.316 e. The topological polar surface area (TPSA) is 29.9 Å². The van der Waals surface area contributed by atoms with E-state index in [-0.39, 0.29) is 0 Å². The van der Waals surface area contributed by atoms with E-state index in [0.29, 0.717) is 18.8 Å². The number of aromatic nitrogens is 2. The Labute approximate surface area is 111 Å². The maximum atomic E-state index is 12.6. The zero-order chi connectivity index (χ0) is 13.2. The van der Waals surface area contributed by atoms with Crippen LogP contribution in [0.25, 0.3) is 0 Å². The standard InChI is InChI=1S/C14H19F2N3/c15-14(16)19-6-5-18-13(19)3-4-17-9-12-8-10-1-2-11(12)7-10/h1-2,5-6,10-12,14,17H,3-4,7-9H2/t10-,11-,12+/m0/s1. The molecule has 5 heteroatoms. The van der Waals surface area contributed by atoms with Gasteiger partial charge in [-0.15, -0.1) is 0 Å². The van der Waals surface area contributed by atoms with Crippen molar-refractivity contribution in [1.82, 2.24) is 14.9 Å². The van der Waals surface area contributed by atoms with Gasteiger partial charge in [0.2, 0.25) is 0 Å². The summed E-state index contributed by atoms with van der Waals surface area (Å²) >= 11 is 0. The van der Waals surface area contributed by atoms with E-state index in [2.05, 4.69) is 22.5 Å². The Balaban J connectivity index is 1.41. The van der Waals surface area contributed by atoms with Gasteiger partial charge in [-0.25, -0.2) is 4.98 Å². The molecule has 3 nitrogen and oxygen atoms in total. The van der Waals surface area contributed by atoms with Crippen LogP contribution in [-0.4, -0.2) is 22.6 Å². The van der Waals surface area contributed by atoms with Crippen LogP contribution in [0.15, 0.2) is 24.5 Å². The Kier molecular flexibility index (Phi) is 3.64. The summed E-state index contributed by atoms with van der Waals surface area (Å²) in [5.41, 5.74) is 0. The zero-order valence-electron chi connectivity index (χ0n) is 10.8. The number of hydrogen-bond acceptors (Lipinski definition) is 2. The minimum Gasteiger partial charge on any atom is -0.316 e. The molecule has 2 bridgehead atoms. The number of nitrogens with zero attached hydrogens (tertiary/aromatic N) is 2. The van der Waals surface area contributed by atoms with Crippen molar-refractivity contribution < 1.29 is 8.78 Å². The number of imidazole rings is 1. The first-order valence-electron chi connectivity index (χ1n) is 6.93. The molecule has 0 unspecified atom stereocenters. The van der Waals surface area contributed by atoms with Gasteiger partial charge in [0.25, 0.3) is 0 Å². The minimum atomic E-state index is -2.49. The summed E-state index contributed by atoms with van der Waals surface area (Å²) in [5, 5.41) is 3.38. The average Bonchev–Trinajstić information content (AvgIpc) is 3.09. The lowest BCUT2D eigenvalue weighted by molar-refractivity contribution is 0.0670. The lowest BCUT2D eigenvalue weighted by atomic mass is 9.94. The Morgan fingerprint density at radius 2 is 2.26 bits per heavy atom. The fourth-order valence-electron chi connectivity index (χ4n) is 3.33. The van der Waals surface area contributed by atoms with E-state index in [4.69, 9.17) is 0 Å². The molecule has 0 amide bonds. The number of allylic oxidation sites excluding steroid dienone is 2. The second kappa shape index (κ2) is 5.41. The van der Waals surface area contributed by atoms with E-state index >= 15 is 0 Å². The molecular formula is C14H19F2N3. The predicted molar refractivity (Wildman–Crippen MR) is 68.9 cm³/mol. The third-order valence-electron chi connectivity index (χ3n) is 4.31. The molecule has 1 saturated carbocycles. The number of nitrogens with one attached hydrogen (secondary N) is 1. The third kappa shape index (κ3) is 2.71. The summed E-state index contributed by atoms with van der Waals surface area (Å²) in [6.45, 7) is -0.796. The summed E-state index contributed by atoms with van der Waals surface area (Å²) in [4.78, 5) is 3.98.